The minimum atomic E-state index is -5.20. The molecule has 10 nitrogen and oxygen atoms in total. The van der Waals surface area contributed by atoms with Crippen LogP contribution in [0.4, 0.5) is 19.0 Å². The number of nitrogens with zero attached hydrogens (tertiary/aromatic N) is 3. The second-order valence-electron chi connectivity index (χ2n) is 4.55. The summed E-state index contributed by atoms with van der Waals surface area (Å²) in [5, 5.41) is 2.55. The van der Waals surface area contributed by atoms with Gasteiger partial charge in [-0.05, 0) is 6.92 Å². The van der Waals surface area contributed by atoms with Crippen molar-refractivity contribution in [1.82, 2.24) is 9.71 Å². The Balaban J connectivity index is 2.21. The standard InChI is InChI=1S/C12H16F3N5O5/c1-3-23-4-5-24-10-18-7(16)6-8(19-10)20(11(17-6)22-2)25-9(21)12(13,14)15/h7H,3-5,16H2,1-2H3,(H,18,19). The van der Waals surface area contributed by atoms with Gasteiger partial charge in [0.05, 0.1) is 13.7 Å². The van der Waals surface area contributed by atoms with Gasteiger partial charge < -0.3 is 24.8 Å². The lowest BCUT2D eigenvalue weighted by Crippen LogP contribution is -2.35. The molecule has 1 unspecified atom stereocenters. The van der Waals surface area contributed by atoms with Crippen molar-refractivity contribution < 1.29 is 37.0 Å². The average Bonchev–Trinajstić information content (AvgIpc) is 2.89. The first-order chi connectivity index (χ1) is 11.8. The van der Waals surface area contributed by atoms with Crippen LogP contribution in [0, 0.1) is 0 Å². The molecule has 1 aliphatic heterocycles. The third-order valence-electron chi connectivity index (χ3n) is 2.86. The fraction of sp³-hybridized carbons (Fsp3) is 0.583. The summed E-state index contributed by atoms with van der Waals surface area (Å²) in [4.78, 5) is 23.2. The van der Waals surface area contributed by atoms with E-state index in [0.717, 1.165) is 7.11 Å². The molecule has 0 spiro atoms. The average molecular weight is 367 g/mol. The van der Waals surface area contributed by atoms with E-state index in [1.54, 1.807) is 6.92 Å². The molecule has 0 bridgehead atoms. The Morgan fingerprint density at radius 1 is 1.40 bits per heavy atom. The van der Waals surface area contributed by atoms with E-state index in [0.29, 0.717) is 11.3 Å². The van der Waals surface area contributed by atoms with Crippen LogP contribution in [0.15, 0.2) is 4.99 Å². The molecule has 1 atom stereocenters. The van der Waals surface area contributed by atoms with Crippen molar-refractivity contribution in [2.45, 2.75) is 19.3 Å². The zero-order valence-electron chi connectivity index (χ0n) is 13.3. The van der Waals surface area contributed by atoms with Crippen molar-refractivity contribution >= 4 is 17.8 Å². The van der Waals surface area contributed by atoms with Crippen LogP contribution in [0.25, 0.3) is 0 Å². The van der Waals surface area contributed by atoms with E-state index in [9.17, 15) is 18.0 Å². The first kappa shape index (κ1) is 18.8. The van der Waals surface area contributed by atoms with Gasteiger partial charge in [0.25, 0.3) is 6.02 Å². The zero-order chi connectivity index (χ0) is 18.6. The quantitative estimate of drug-likeness (QED) is 0.684. The molecule has 0 saturated carbocycles. The number of ether oxygens (including phenoxy) is 3. The largest absolute Gasteiger partial charge is 0.493 e. The van der Waals surface area contributed by atoms with Crippen molar-refractivity contribution in [3.05, 3.63) is 5.69 Å². The molecule has 1 aliphatic rings. The SMILES string of the molecule is CCOCCOC1=NC(N)c2nc(OC)n(OC(=O)C(F)(F)F)c2N1. The van der Waals surface area contributed by atoms with Gasteiger partial charge in [0.1, 0.15) is 18.5 Å². The highest BCUT2D eigenvalue weighted by molar-refractivity contribution is 5.91. The Kier molecular flexibility index (Phi) is 5.69. The van der Waals surface area contributed by atoms with Gasteiger partial charge in [-0.25, -0.2) is 9.79 Å². The van der Waals surface area contributed by atoms with Crippen molar-refractivity contribution in [2.24, 2.45) is 10.7 Å². The van der Waals surface area contributed by atoms with E-state index in [4.69, 9.17) is 19.9 Å². The molecule has 1 aromatic heterocycles. The van der Waals surface area contributed by atoms with E-state index in [1.165, 1.54) is 0 Å². The summed E-state index contributed by atoms with van der Waals surface area (Å²) in [6, 6.07) is -0.511. The molecule has 0 amide bonds. The number of imidazole rings is 1. The third-order valence-corrected chi connectivity index (χ3v) is 2.86. The maximum Gasteiger partial charge on any atom is 0.493 e. The molecule has 13 heteroatoms. The predicted octanol–water partition coefficient (Wildman–Crippen LogP) is 0.201. The summed E-state index contributed by atoms with van der Waals surface area (Å²) in [5.74, 6) is -2.62. The van der Waals surface area contributed by atoms with Crippen LogP contribution in [0.3, 0.4) is 0 Å². The second-order valence-corrected chi connectivity index (χ2v) is 4.55. The van der Waals surface area contributed by atoms with Crippen LogP contribution in [-0.4, -0.2) is 54.8 Å². The number of hydrogen-bond acceptors (Lipinski definition) is 9. The van der Waals surface area contributed by atoms with Crippen LogP contribution in [0.2, 0.25) is 0 Å². The smallest absolute Gasteiger partial charge is 0.466 e. The highest BCUT2D eigenvalue weighted by Crippen LogP contribution is 2.30. The number of nitrogens with two attached hydrogens (primary N) is 1. The molecule has 1 aromatic rings. The number of carbonyl (C=O) groups is 1. The number of alkyl halides is 3. The number of aliphatic imine (C=N–C) groups is 1. The Hall–Kier alpha value is -2.54. The molecular weight excluding hydrogens is 351 g/mol. The van der Waals surface area contributed by atoms with Gasteiger partial charge in [-0.15, -0.1) is 4.73 Å². The fourth-order valence-corrected chi connectivity index (χ4v) is 1.81. The van der Waals surface area contributed by atoms with Gasteiger partial charge in [0.15, 0.2) is 5.82 Å². The summed E-state index contributed by atoms with van der Waals surface area (Å²) < 4.78 is 52.9. The van der Waals surface area contributed by atoms with Gasteiger partial charge in [-0.1, -0.05) is 0 Å². The highest BCUT2D eigenvalue weighted by atomic mass is 19.4. The van der Waals surface area contributed by atoms with Gasteiger partial charge in [0.2, 0.25) is 0 Å². The molecule has 0 aromatic carbocycles. The molecule has 3 N–H and O–H groups in total. The molecule has 0 saturated heterocycles. The third kappa shape index (κ3) is 4.30. The molecular formula is C12H16F3N5O5. The number of hydrogen-bond donors (Lipinski definition) is 2. The molecule has 0 fully saturated rings. The van der Waals surface area contributed by atoms with Crippen molar-refractivity contribution in [1.29, 1.82) is 0 Å². The Bertz CT molecular complexity index is 660. The first-order valence-electron chi connectivity index (χ1n) is 7.05. The molecule has 0 aliphatic carbocycles. The lowest BCUT2D eigenvalue weighted by Gasteiger charge is -2.20. The number of amidine groups is 1. The van der Waals surface area contributed by atoms with E-state index in [-0.39, 0.29) is 30.7 Å². The minimum absolute atomic E-state index is 0.0176. The van der Waals surface area contributed by atoms with Gasteiger partial charge >= 0.3 is 18.2 Å². The van der Waals surface area contributed by atoms with E-state index < -0.39 is 24.3 Å². The zero-order valence-corrected chi connectivity index (χ0v) is 13.3. The summed E-state index contributed by atoms with van der Waals surface area (Å²) >= 11 is 0. The first-order valence-corrected chi connectivity index (χ1v) is 7.05. The topological polar surface area (TPSA) is 122 Å². The Labute approximate surface area is 139 Å². The van der Waals surface area contributed by atoms with Crippen LogP contribution in [0.5, 0.6) is 6.01 Å². The second kappa shape index (κ2) is 7.57. The van der Waals surface area contributed by atoms with Crippen molar-refractivity contribution in [2.75, 3.05) is 32.2 Å². The maximum atomic E-state index is 12.4. The number of anilines is 1. The number of nitrogens with one attached hydrogen (secondary N) is 1. The van der Waals surface area contributed by atoms with Crippen molar-refractivity contribution in [3.63, 3.8) is 0 Å². The number of fused-ring (bicyclic) bond motifs is 1. The maximum absolute atomic E-state index is 12.4. The van der Waals surface area contributed by atoms with Crippen LogP contribution in [-0.2, 0) is 14.3 Å². The number of carbonyl (C=O) groups excluding carboxylic acids is 1. The predicted molar refractivity (Wildman–Crippen MR) is 76.9 cm³/mol. The summed E-state index contributed by atoms with van der Waals surface area (Å²) in [5.41, 5.74) is 5.81. The number of rotatable bonds is 6. The van der Waals surface area contributed by atoms with E-state index in [1.807, 2.05) is 0 Å². The summed E-state index contributed by atoms with van der Waals surface area (Å²) in [6.07, 6.45) is -6.26. The Morgan fingerprint density at radius 3 is 2.72 bits per heavy atom. The summed E-state index contributed by atoms with van der Waals surface area (Å²) in [6.45, 7) is 2.68. The van der Waals surface area contributed by atoms with Crippen LogP contribution >= 0.6 is 0 Å². The van der Waals surface area contributed by atoms with Crippen molar-refractivity contribution in [3.8, 4) is 6.01 Å². The summed E-state index contributed by atoms with van der Waals surface area (Å²) in [7, 11) is 1.14. The number of halogens is 3. The van der Waals surface area contributed by atoms with Gasteiger partial charge in [-0.3, -0.25) is 5.32 Å². The fourth-order valence-electron chi connectivity index (χ4n) is 1.81. The minimum Gasteiger partial charge on any atom is -0.466 e. The van der Waals surface area contributed by atoms with Gasteiger partial charge in [-0.2, -0.15) is 18.2 Å². The number of methoxy groups -OCH3 is 1. The molecule has 25 heavy (non-hydrogen) atoms. The normalized spacial score (nSPS) is 16.6. The number of aromatic nitrogens is 2. The van der Waals surface area contributed by atoms with E-state index in [2.05, 4.69) is 20.1 Å². The molecule has 2 rings (SSSR count). The van der Waals surface area contributed by atoms with E-state index >= 15 is 0 Å². The monoisotopic (exact) mass is 367 g/mol. The van der Waals surface area contributed by atoms with Crippen LogP contribution < -0.4 is 20.6 Å². The molecule has 0 radical (unpaired) electrons. The lowest BCUT2D eigenvalue weighted by molar-refractivity contribution is -0.200. The van der Waals surface area contributed by atoms with Crippen LogP contribution in [0.1, 0.15) is 18.8 Å². The molecule has 140 valence electrons. The van der Waals surface area contributed by atoms with Gasteiger partial charge in [0, 0.05) is 6.61 Å². The highest BCUT2D eigenvalue weighted by Gasteiger charge is 2.43. The molecule has 2 heterocycles. The lowest BCUT2D eigenvalue weighted by atomic mass is 10.3. The Morgan fingerprint density at radius 2 is 2.12 bits per heavy atom.